The third-order valence-corrected chi connectivity index (χ3v) is 3.70. The molecule has 0 aromatic heterocycles. The molecule has 2 unspecified atom stereocenters. The van der Waals surface area contributed by atoms with E-state index in [0.717, 1.165) is 6.07 Å². The summed E-state index contributed by atoms with van der Waals surface area (Å²) < 4.78 is 51.4. The summed E-state index contributed by atoms with van der Waals surface area (Å²) in [4.78, 5) is 0. The molecule has 0 bridgehead atoms. The van der Waals surface area contributed by atoms with Gasteiger partial charge in [-0.1, -0.05) is 32.2 Å². The molecule has 1 aromatic rings. The molecule has 6 heteroatoms. The molecule has 0 fully saturated rings. The van der Waals surface area contributed by atoms with Crippen molar-refractivity contribution in [2.75, 3.05) is 13.7 Å². The molecule has 26 heavy (non-hydrogen) atoms. The second-order valence-electron chi connectivity index (χ2n) is 5.78. The fraction of sp³-hybridized carbons (Fsp3) is 0.300. The molecule has 0 aliphatic rings. The summed E-state index contributed by atoms with van der Waals surface area (Å²) in [5.74, 6) is -3.94. The van der Waals surface area contributed by atoms with E-state index in [-0.39, 0.29) is 17.9 Å². The van der Waals surface area contributed by atoms with Crippen LogP contribution in [-0.2, 0) is 9.47 Å². The van der Waals surface area contributed by atoms with Crippen LogP contribution < -0.4 is 0 Å². The molecule has 3 nitrogen and oxygen atoms in total. The van der Waals surface area contributed by atoms with Crippen LogP contribution >= 0.6 is 0 Å². The van der Waals surface area contributed by atoms with Crippen molar-refractivity contribution in [2.45, 2.75) is 20.0 Å². The number of rotatable bonds is 9. The number of halogens is 3. The highest BCUT2D eigenvalue weighted by atomic mass is 19.2. The van der Waals surface area contributed by atoms with Crippen LogP contribution in [0.3, 0.4) is 0 Å². The van der Waals surface area contributed by atoms with Gasteiger partial charge in [0.1, 0.15) is 17.3 Å². The quantitative estimate of drug-likeness (QED) is 0.465. The number of allylic oxidation sites excluding steroid dienone is 2. The van der Waals surface area contributed by atoms with Crippen LogP contribution in [0, 0.1) is 11.7 Å². The van der Waals surface area contributed by atoms with Crippen LogP contribution in [-0.4, -0.2) is 24.9 Å². The van der Waals surface area contributed by atoms with Gasteiger partial charge in [0, 0.05) is 17.5 Å². The minimum atomic E-state index is -1.19. The SMILES string of the molecule is C=C(OC)/C(F)=C(/F)C(=C)C(C)COC(C)/C=C/c1ccc(O)cc1F. The van der Waals surface area contributed by atoms with Gasteiger partial charge < -0.3 is 14.6 Å². The van der Waals surface area contributed by atoms with E-state index in [1.807, 2.05) is 0 Å². The first-order valence-corrected chi connectivity index (χ1v) is 7.93. The molecule has 1 N–H and O–H groups in total. The van der Waals surface area contributed by atoms with E-state index in [1.165, 1.54) is 25.3 Å². The first kappa shape index (κ1) is 21.6. The lowest BCUT2D eigenvalue weighted by Gasteiger charge is -2.17. The van der Waals surface area contributed by atoms with Crippen LogP contribution in [0.4, 0.5) is 13.2 Å². The number of ether oxygens (including phenoxy) is 2. The van der Waals surface area contributed by atoms with E-state index in [0.29, 0.717) is 5.56 Å². The summed E-state index contributed by atoms with van der Waals surface area (Å²) in [6, 6.07) is 3.82. The monoisotopic (exact) mass is 368 g/mol. The maximum absolute atomic E-state index is 14.0. The molecule has 2 atom stereocenters. The number of benzene rings is 1. The summed E-state index contributed by atoms with van der Waals surface area (Å²) in [7, 11) is 1.19. The van der Waals surface area contributed by atoms with E-state index < -0.39 is 35.3 Å². The maximum Gasteiger partial charge on any atom is 0.200 e. The molecule has 0 saturated carbocycles. The molecule has 0 radical (unpaired) electrons. The highest BCUT2D eigenvalue weighted by molar-refractivity contribution is 5.51. The summed E-state index contributed by atoms with van der Waals surface area (Å²) in [6.07, 6.45) is 2.73. The molecular weight excluding hydrogens is 345 g/mol. The summed E-state index contributed by atoms with van der Waals surface area (Å²) >= 11 is 0. The van der Waals surface area contributed by atoms with Crippen molar-refractivity contribution in [3.63, 3.8) is 0 Å². The van der Waals surface area contributed by atoms with Crippen LogP contribution in [0.5, 0.6) is 5.75 Å². The zero-order chi connectivity index (χ0) is 19.9. The number of phenols is 1. The molecule has 1 rings (SSSR count). The van der Waals surface area contributed by atoms with Gasteiger partial charge in [-0.15, -0.1) is 0 Å². The number of hydrogen-bond donors (Lipinski definition) is 1. The normalized spacial score (nSPS) is 14.7. The largest absolute Gasteiger partial charge is 0.508 e. The van der Waals surface area contributed by atoms with Gasteiger partial charge in [-0.2, -0.15) is 4.39 Å². The Bertz CT molecular complexity index is 723. The van der Waals surface area contributed by atoms with E-state index in [2.05, 4.69) is 17.9 Å². The maximum atomic E-state index is 14.0. The smallest absolute Gasteiger partial charge is 0.200 e. The van der Waals surface area contributed by atoms with Crippen molar-refractivity contribution in [2.24, 2.45) is 5.92 Å². The Balaban J connectivity index is 2.63. The number of hydrogen-bond acceptors (Lipinski definition) is 3. The fourth-order valence-corrected chi connectivity index (χ4v) is 1.91. The van der Waals surface area contributed by atoms with Gasteiger partial charge in [0.05, 0.1) is 19.8 Å². The zero-order valence-corrected chi connectivity index (χ0v) is 15.1. The van der Waals surface area contributed by atoms with Gasteiger partial charge in [0.25, 0.3) is 0 Å². The molecule has 0 heterocycles. The molecule has 0 aliphatic carbocycles. The Kier molecular flexibility index (Phi) is 8.19. The standard InChI is InChI=1S/C20H23F3O3/c1-12(14(3)19(22)20(23)15(4)25-5)11-26-13(2)6-7-16-8-9-17(24)10-18(16)21/h6-10,12-13,24H,3-4,11H2,1-2,5H3/b7-6+,20-19-. The lowest BCUT2D eigenvalue weighted by Crippen LogP contribution is -2.14. The Morgan fingerprint density at radius 1 is 1.23 bits per heavy atom. The Hall–Kier alpha value is -2.47. The van der Waals surface area contributed by atoms with E-state index in [1.54, 1.807) is 19.9 Å². The summed E-state index contributed by atoms with van der Waals surface area (Å²) in [5, 5.41) is 9.17. The van der Waals surface area contributed by atoms with Crippen LogP contribution in [0.2, 0.25) is 0 Å². The molecule has 142 valence electrons. The number of phenolic OH excluding ortho intramolecular Hbond substituents is 1. The minimum absolute atomic E-state index is 0.0681. The van der Waals surface area contributed by atoms with E-state index in [4.69, 9.17) is 4.74 Å². The summed E-state index contributed by atoms with van der Waals surface area (Å²) in [5.41, 5.74) is 0.228. The van der Waals surface area contributed by atoms with Gasteiger partial charge in [0.2, 0.25) is 0 Å². The predicted octanol–water partition coefficient (Wildman–Crippen LogP) is 5.45. The second-order valence-corrected chi connectivity index (χ2v) is 5.78. The van der Waals surface area contributed by atoms with Crippen LogP contribution in [0.1, 0.15) is 19.4 Å². The van der Waals surface area contributed by atoms with E-state index in [9.17, 15) is 18.3 Å². The first-order chi connectivity index (χ1) is 12.2. The van der Waals surface area contributed by atoms with Gasteiger partial charge in [-0.05, 0) is 24.6 Å². The Morgan fingerprint density at radius 3 is 2.46 bits per heavy atom. The highest BCUT2D eigenvalue weighted by Gasteiger charge is 2.19. The van der Waals surface area contributed by atoms with Crippen LogP contribution in [0.15, 0.2) is 60.4 Å². The fourth-order valence-electron chi connectivity index (χ4n) is 1.91. The Morgan fingerprint density at radius 2 is 1.88 bits per heavy atom. The van der Waals surface area contributed by atoms with Crippen molar-refractivity contribution in [1.29, 1.82) is 0 Å². The van der Waals surface area contributed by atoms with Crippen molar-refractivity contribution < 1.29 is 27.8 Å². The van der Waals surface area contributed by atoms with Gasteiger partial charge in [-0.25, -0.2) is 8.78 Å². The van der Waals surface area contributed by atoms with Crippen molar-refractivity contribution >= 4 is 6.08 Å². The second kappa shape index (κ2) is 9.87. The topological polar surface area (TPSA) is 38.7 Å². The van der Waals surface area contributed by atoms with Crippen molar-refractivity contribution in [3.05, 3.63) is 71.8 Å². The van der Waals surface area contributed by atoms with E-state index >= 15 is 0 Å². The zero-order valence-electron chi connectivity index (χ0n) is 15.1. The van der Waals surface area contributed by atoms with Crippen LogP contribution in [0.25, 0.3) is 6.08 Å². The number of methoxy groups -OCH3 is 1. The molecule has 1 aromatic carbocycles. The Labute approximate surface area is 151 Å². The lowest BCUT2D eigenvalue weighted by atomic mass is 10.0. The van der Waals surface area contributed by atoms with Gasteiger partial charge in [-0.3, -0.25) is 0 Å². The van der Waals surface area contributed by atoms with Crippen molar-refractivity contribution in [3.8, 4) is 5.75 Å². The first-order valence-electron chi connectivity index (χ1n) is 7.93. The third-order valence-electron chi connectivity index (χ3n) is 3.70. The minimum Gasteiger partial charge on any atom is -0.508 e. The average molecular weight is 368 g/mol. The van der Waals surface area contributed by atoms with Crippen molar-refractivity contribution in [1.82, 2.24) is 0 Å². The third kappa shape index (κ3) is 6.11. The molecule has 0 spiro atoms. The van der Waals surface area contributed by atoms with Gasteiger partial charge in [0.15, 0.2) is 11.7 Å². The molecular formula is C20H23F3O3. The van der Waals surface area contributed by atoms with Gasteiger partial charge >= 0.3 is 0 Å². The lowest BCUT2D eigenvalue weighted by molar-refractivity contribution is 0.0801. The molecule has 0 aliphatic heterocycles. The number of aromatic hydroxyl groups is 1. The average Bonchev–Trinajstić information content (AvgIpc) is 2.62. The molecule has 0 saturated heterocycles. The molecule has 0 amide bonds. The predicted molar refractivity (Wildman–Crippen MR) is 96.2 cm³/mol. The summed E-state index contributed by atoms with van der Waals surface area (Å²) in [6.45, 7) is 10.2. The highest BCUT2D eigenvalue weighted by Crippen LogP contribution is 2.27.